The van der Waals surface area contributed by atoms with E-state index in [2.05, 4.69) is 21.2 Å². The normalized spacial score (nSPS) is 11.8. The molecule has 0 aliphatic heterocycles. The highest BCUT2D eigenvalue weighted by atomic mass is 79.9. The van der Waals surface area contributed by atoms with Gasteiger partial charge in [0.2, 0.25) is 0 Å². The second-order valence-corrected chi connectivity index (χ2v) is 7.12. The Bertz CT molecular complexity index is 837. The van der Waals surface area contributed by atoms with Crippen LogP contribution in [0.4, 0.5) is 4.39 Å². The zero-order valence-corrected chi connectivity index (χ0v) is 15.5. The predicted molar refractivity (Wildman–Crippen MR) is 100 cm³/mol. The lowest BCUT2D eigenvalue weighted by molar-refractivity contribution is -0.123. The smallest absolute Gasteiger partial charge is 0.258 e. The fourth-order valence-corrected chi connectivity index (χ4v) is 3.54. The minimum Gasteiger partial charge on any atom is -0.483 e. The van der Waals surface area contributed by atoms with Crippen LogP contribution in [0.3, 0.4) is 0 Å². The first-order valence-electron chi connectivity index (χ1n) is 7.59. The molecule has 0 saturated heterocycles. The van der Waals surface area contributed by atoms with Gasteiger partial charge in [-0.3, -0.25) is 4.79 Å². The van der Waals surface area contributed by atoms with E-state index in [1.165, 1.54) is 23.5 Å². The average Bonchev–Trinajstić information content (AvgIpc) is 3.14. The van der Waals surface area contributed by atoms with Crippen LogP contribution in [0, 0.1) is 5.82 Å². The molecule has 0 spiro atoms. The highest BCUT2D eigenvalue weighted by molar-refractivity contribution is 9.10. The molecule has 1 heterocycles. The molecule has 3 nitrogen and oxygen atoms in total. The highest BCUT2D eigenvalue weighted by Crippen LogP contribution is 2.27. The summed E-state index contributed by atoms with van der Waals surface area (Å²) in [4.78, 5) is 13.3. The second-order valence-electron chi connectivity index (χ2n) is 5.29. The summed E-state index contributed by atoms with van der Waals surface area (Å²) in [5, 5.41) is 4.89. The quantitative estimate of drug-likeness (QED) is 0.614. The number of para-hydroxylation sites is 1. The summed E-state index contributed by atoms with van der Waals surface area (Å²) in [5.74, 6) is 0.0443. The van der Waals surface area contributed by atoms with Gasteiger partial charge in [-0.2, -0.15) is 0 Å². The van der Waals surface area contributed by atoms with Crippen molar-refractivity contribution in [2.75, 3.05) is 6.61 Å². The molecule has 6 heteroatoms. The molecule has 2 aromatic carbocycles. The third-order valence-corrected chi connectivity index (χ3v) is 5.12. The van der Waals surface area contributed by atoms with Crippen LogP contribution < -0.4 is 10.1 Å². The van der Waals surface area contributed by atoms with Crippen molar-refractivity contribution in [3.05, 3.63) is 86.8 Å². The number of amides is 1. The Morgan fingerprint density at radius 1 is 1.12 bits per heavy atom. The van der Waals surface area contributed by atoms with Gasteiger partial charge in [0, 0.05) is 4.88 Å². The first kappa shape index (κ1) is 17.6. The number of nitrogens with one attached hydrogen (secondary N) is 1. The number of benzene rings is 2. The standard InChI is InChI=1S/C19H15BrFNO2S/c20-15-4-1-2-5-16(15)24-12-18(23)22-19(17-6-3-11-25-17)13-7-9-14(21)10-8-13/h1-11,19H,12H2,(H,22,23)/t19-/m0/s1. The number of carbonyl (C=O) groups excluding carboxylic acids is 1. The lowest BCUT2D eigenvalue weighted by Gasteiger charge is -2.18. The second kappa shape index (κ2) is 8.27. The largest absolute Gasteiger partial charge is 0.483 e. The molecule has 25 heavy (non-hydrogen) atoms. The summed E-state index contributed by atoms with van der Waals surface area (Å²) in [5.41, 5.74) is 0.818. The number of halogens is 2. The van der Waals surface area contributed by atoms with E-state index in [1.807, 2.05) is 35.7 Å². The van der Waals surface area contributed by atoms with Gasteiger partial charge in [0.25, 0.3) is 5.91 Å². The molecule has 1 amide bonds. The van der Waals surface area contributed by atoms with Gasteiger partial charge in [0.05, 0.1) is 10.5 Å². The van der Waals surface area contributed by atoms with E-state index in [4.69, 9.17) is 4.74 Å². The van der Waals surface area contributed by atoms with Gasteiger partial charge < -0.3 is 10.1 Å². The average molecular weight is 420 g/mol. The van der Waals surface area contributed by atoms with E-state index in [0.29, 0.717) is 5.75 Å². The Morgan fingerprint density at radius 2 is 1.88 bits per heavy atom. The number of rotatable bonds is 6. The maximum Gasteiger partial charge on any atom is 0.258 e. The molecule has 0 aliphatic rings. The SMILES string of the molecule is O=C(COc1ccccc1Br)N[C@@H](c1ccc(F)cc1)c1cccs1. The van der Waals surface area contributed by atoms with Gasteiger partial charge in [-0.05, 0) is 57.2 Å². The van der Waals surface area contributed by atoms with Crippen molar-refractivity contribution in [3.63, 3.8) is 0 Å². The zero-order chi connectivity index (χ0) is 17.6. The maximum atomic E-state index is 13.2. The van der Waals surface area contributed by atoms with Crippen LogP contribution >= 0.6 is 27.3 Å². The maximum absolute atomic E-state index is 13.2. The first-order valence-corrected chi connectivity index (χ1v) is 9.26. The van der Waals surface area contributed by atoms with E-state index < -0.39 is 0 Å². The lowest BCUT2D eigenvalue weighted by Crippen LogP contribution is -2.33. The number of hydrogen-bond donors (Lipinski definition) is 1. The van der Waals surface area contributed by atoms with Gasteiger partial charge in [-0.25, -0.2) is 4.39 Å². The Labute approximate surface area is 157 Å². The summed E-state index contributed by atoms with van der Waals surface area (Å²) in [7, 11) is 0. The Kier molecular flexibility index (Phi) is 5.83. The van der Waals surface area contributed by atoms with E-state index in [-0.39, 0.29) is 24.4 Å². The highest BCUT2D eigenvalue weighted by Gasteiger charge is 2.18. The zero-order valence-electron chi connectivity index (χ0n) is 13.1. The molecule has 0 unspecified atom stereocenters. The summed E-state index contributed by atoms with van der Waals surface area (Å²) in [6.45, 7) is -0.105. The summed E-state index contributed by atoms with van der Waals surface area (Å²) in [6.07, 6.45) is 0. The lowest BCUT2D eigenvalue weighted by atomic mass is 10.1. The molecular weight excluding hydrogens is 405 g/mol. The Morgan fingerprint density at radius 3 is 2.56 bits per heavy atom. The van der Waals surface area contributed by atoms with Crippen LogP contribution in [-0.2, 0) is 4.79 Å². The van der Waals surface area contributed by atoms with Gasteiger partial charge in [-0.1, -0.05) is 30.3 Å². The molecule has 3 rings (SSSR count). The van der Waals surface area contributed by atoms with Crippen LogP contribution in [0.5, 0.6) is 5.75 Å². The van der Waals surface area contributed by atoms with E-state index >= 15 is 0 Å². The van der Waals surface area contributed by atoms with Crippen LogP contribution in [0.15, 0.2) is 70.5 Å². The molecular formula is C19H15BrFNO2S. The summed E-state index contributed by atoms with van der Waals surface area (Å²) >= 11 is 4.91. The molecule has 0 aliphatic carbocycles. The van der Waals surface area contributed by atoms with Gasteiger partial charge in [0.1, 0.15) is 11.6 Å². The minimum atomic E-state index is -0.337. The van der Waals surface area contributed by atoms with E-state index in [9.17, 15) is 9.18 Å². The molecule has 0 radical (unpaired) electrons. The molecule has 1 atom stereocenters. The summed E-state index contributed by atoms with van der Waals surface area (Å²) < 4.78 is 19.5. The fraction of sp³-hybridized carbons (Fsp3) is 0.105. The van der Waals surface area contributed by atoms with Crippen molar-refractivity contribution in [3.8, 4) is 5.75 Å². The molecule has 0 saturated carbocycles. The van der Waals surface area contributed by atoms with Crippen molar-refractivity contribution < 1.29 is 13.9 Å². The van der Waals surface area contributed by atoms with Crippen LogP contribution in [-0.4, -0.2) is 12.5 Å². The molecule has 1 N–H and O–H groups in total. The third kappa shape index (κ3) is 4.67. The van der Waals surface area contributed by atoms with Crippen molar-refractivity contribution >= 4 is 33.2 Å². The molecule has 0 bridgehead atoms. The third-order valence-electron chi connectivity index (χ3n) is 3.53. The number of carbonyl (C=O) groups is 1. The van der Waals surface area contributed by atoms with Crippen molar-refractivity contribution in [1.82, 2.24) is 5.32 Å². The van der Waals surface area contributed by atoms with E-state index in [1.54, 1.807) is 18.2 Å². The molecule has 128 valence electrons. The van der Waals surface area contributed by atoms with Crippen LogP contribution in [0.1, 0.15) is 16.5 Å². The van der Waals surface area contributed by atoms with Gasteiger partial charge in [0.15, 0.2) is 6.61 Å². The van der Waals surface area contributed by atoms with Crippen molar-refractivity contribution in [1.29, 1.82) is 0 Å². The van der Waals surface area contributed by atoms with Crippen LogP contribution in [0.2, 0.25) is 0 Å². The Balaban J connectivity index is 1.71. The minimum absolute atomic E-state index is 0.105. The number of thiophene rings is 1. The van der Waals surface area contributed by atoms with E-state index in [0.717, 1.165) is 14.9 Å². The van der Waals surface area contributed by atoms with Crippen molar-refractivity contribution in [2.24, 2.45) is 0 Å². The predicted octanol–water partition coefficient (Wildman–Crippen LogP) is 4.93. The number of hydrogen-bond acceptors (Lipinski definition) is 3. The van der Waals surface area contributed by atoms with Gasteiger partial charge >= 0.3 is 0 Å². The van der Waals surface area contributed by atoms with Crippen molar-refractivity contribution in [2.45, 2.75) is 6.04 Å². The fourth-order valence-electron chi connectivity index (χ4n) is 2.34. The monoisotopic (exact) mass is 419 g/mol. The topological polar surface area (TPSA) is 38.3 Å². The summed E-state index contributed by atoms with van der Waals surface area (Å²) in [6, 6.07) is 17.0. The molecule has 0 fully saturated rings. The van der Waals surface area contributed by atoms with Gasteiger partial charge in [-0.15, -0.1) is 11.3 Å². The first-order chi connectivity index (χ1) is 12.1. The Hall–Kier alpha value is -2.18. The number of ether oxygens (including phenoxy) is 1. The van der Waals surface area contributed by atoms with Crippen LogP contribution in [0.25, 0.3) is 0 Å². The molecule has 3 aromatic rings. The molecule has 1 aromatic heterocycles.